The van der Waals surface area contributed by atoms with Crippen molar-refractivity contribution in [1.82, 2.24) is 15.3 Å². The van der Waals surface area contributed by atoms with Crippen LogP contribution in [0.2, 0.25) is 0 Å². The van der Waals surface area contributed by atoms with Crippen molar-refractivity contribution in [2.45, 2.75) is 25.4 Å². The van der Waals surface area contributed by atoms with Crippen LogP contribution in [0.3, 0.4) is 0 Å². The van der Waals surface area contributed by atoms with Crippen molar-refractivity contribution in [2.24, 2.45) is 0 Å². The minimum absolute atomic E-state index is 0.120. The molecule has 0 aromatic carbocycles. The first-order valence-corrected chi connectivity index (χ1v) is 4.09. The van der Waals surface area contributed by atoms with E-state index in [0.717, 1.165) is 19.4 Å². The van der Waals surface area contributed by atoms with Gasteiger partial charge < -0.3 is 4.90 Å². The Kier molecular flexibility index (Phi) is 1.49. The molecule has 11 heavy (non-hydrogen) atoms. The van der Waals surface area contributed by atoms with Crippen molar-refractivity contribution in [3.63, 3.8) is 0 Å². The minimum atomic E-state index is 0.120. The number of fused-ring (bicyclic) bond motifs is 1. The summed E-state index contributed by atoms with van der Waals surface area (Å²) in [6, 6.07) is 0.120. The third-order valence-corrected chi connectivity index (χ3v) is 2.38. The molecule has 4 nitrogen and oxygen atoms in total. The molecule has 1 unspecified atom stereocenters. The fourth-order valence-electron chi connectivity index (χ4n) is 1.77. The van der Waals surface area contributed by atoms with E-state index in [-0.39, 0.29) is 12.2 Å². The second-order valence-electron chi connectivity index (χ2n) is 3.18. The molecule has 1 atom stereocenters. The molecule has 0 aliphatic carbocycles. The molecular formula is C7H13N3O. The first-order chi connectivity index (χ1) is 5.29. The number of nitrogens with one attached hydrogen (secondary N) is 1. The Labute approximate surface area is 66.1 Å². The molecule has 0 aromatic heterocycles. The summed E-state index contributed by atoms with van der Waals surface area (Å²) < 4.78 is 0. The maximum absolute atomic E-state index is 11.3. The van der Waals surface area contributed by atoms with Gasteiger partial charge in [-0.2, -0.15) is 0 Å². The summed E-state index contributed by atoms with van der Waals surface area (Å²) in [5.41, 5.74) is 3.12. The van der Waals surface area contributed by atoms with Crippen LogP contribution in [0.25, 0.3) is 0 Å². The number of hydrogen-bond donors (Lipinski definition) is 1. The zero-order valence-corrected chi connectivity index (χ0v) is 6.71. The summed E-state index contributed by atoms with van der Waals surface area (Å²) in [5, 5.41) is 1.58. The van der Waals surface area contributed by atoms with Gasteiger partial charge in [-0.25, -0.2) is 10.2 Å². The van der Waals surface area contributed by atoms with E-state index in [1.807, 2.05) is 4.90 Å². The lowest BCUT2D eigenvalue weighted by molar-refractivity contribution is 0.177. The molecule has 2 rings (SSSR count). The van der Waals surface area contributed by atoms with Gasteiger partial charge in [0.25, 0.3) is 0 Å². The van der Waals surface area contributed by atoms with Crippen molar-refractivity contribution in [3.05, 3.63) is 0 Å². The topological polar surface area (TPSA) is 35.6 Å². The van der Waals surface area contributed by atoms with Crippen molar-refractivity contribution in [2.75, 3.05) is 13.6 Å². The molecule has 0 radical (unpaired) electrons. The highest BCUT2D eigenvalue weighted by atomic mass is 16.2. The third kappa shape index (κ3) is 0.976. The van der Waals surface area contributed by atoms with E-state index in [4.69, 9.17) is 0 Å². The van der Waals surface area contributed by atoms with Crippen molar-refractivity contribution in [3.8, 4) is 0 Å². The first kappa shape index (κ1) is 6.91. The smallest absolute Gasteiger partial charge is 0.306 e. The average molecular weight is 155 g/mol. The molecule has 0 bridgehead atoms. The number of rotatable bonds is 0. The molecule has 2 aliphatic rings. The van der Waals surface area contributed by atoms with E-state index in [0.29, 0.717) is 0 Å². The van der Waals surface area contributed by atoms with Gasteiger partial charge >= 0.3 is 6.03 Å². The molecule has 2 amide bonds. The highest BCUT2D eigenvalue weighted by molar-refractivity contribution is 5.75. The van der Waals surface area contributed by atoms with Crippen molar-refractivity contribution in [1.29, 1.82) is 0 Å². The van der Waals surface area contributed by atoms with Gasteiger partial charge in [-0.15, -0.1) is 0 Å². The molecule has 1 N–H and O–H groups in total. The number of piperidine rings is 1. The zero-order valence-electron chi connectivity index (χ0n) is 6.71. The van der Waals surface area contributed by atoms with Crippen LogP contribution in [-0.4, -0.2) is 35.7 Å². The van der Waals surface area contributed by atoms with Crippen molar-refractivity contribution >= 4 is 6.03 Å². The molecule has 0 aromatic rings. The monoisotopic (exact) mass is 155 g/mol. The summed E-state index contributed by atoms with van der Waals surface area (Å²) in [4.78, 5) is 13.2. The molecule has 4 heteroatoms. The van der Waals surface area contributed by atoms with Crippen LogP contribution in [0.15, 0.2) is 0 Å². The lowest BCUT2D eigenvalue weighted by Crippen LogP contribution is -2.40. The van der Waals surface area contributed by atoms with Gasteiger partial charge in [0.2, 0.25) is 0 Å². The van der Waals surface area contributed by atoms with Gasteiger partial charge in [0.05, 0.1) is 0 Å². The fraction of sp³-hybridized carbons (Fsp3) is 0.857. The number of urea groups is 1. The predicted molar refractivity (Wildman–Crippen MR) is 40.6 cm³/mol. The Bertz CT molecular complexity index is 183. The minimum Gasteiger partial charge on any atom is -0.306 e. The second kappa shape index (κ2) is 2.37. The number of amides is 2. The SMILES string of the molecule is CN1NC2CCCCN2C1=O. The summed E-state index contributed by atoms with van der Waals surface area (Å²) in [6.07, 6.45) is 3.75. The lowest BCUT2D eigenvalue weighted by atomic mass is 10.1. The molecule has 0 saturated carbocycles. The molecule has 0 spiro atoms. The Morgan fingerprint density at radius 1 is 1.55 bits per heavy atom. The largest absolute Gasteiger partial charge is 0.335 e. The quantitative estimate of drug-likeness (QED) is 0.548. The van der Waals surface area contributed by atoms with Crippen LogP contribution in [0, 0.1) is 0 Å². The van der Waals surface area contributed by atoms with Crippen LogP contribution in [0.5, 0.6) is 0 Å². The van der Waals surface area contributed by atoms with E-state index < -0.39 is 0 Å². The van der Waals surface area contributed by atoms with Gasteiger partial charge in [-0.1, -0.05) is 0 Å². The van der Waals surface area contributed by atoms with E-state index >= 15 is 0 Å². The number of hydrogen-bond acceptors (Lipinski definition) is 2. The average Bonchev–Trinajstić information content (AvgIpc) is 2.30. The first-order valence-electron chi connectivity index (χ1n) is 4.09. The Morgan fingerprint density at radius 2 is 2.36 bits per heavy atom. The van der Waals surface area contributed by atoms with Crippen LogP contribution in [0.4, 0.5) is 4.79 Å². The van der Waals surface area contributed by atoms with E-state index in [1.54, 1.807) is 12.1 Å². The lowest BCUT2D eigenvalue weighted by Gasteiger charge is -2.26. The molecule has 62 valence electrons. The van der Waals surface area contributed by atoms with Crippen molar-refractivity contribution < 1.29 is 4.79 Å². The summed E-state index contributed by atoms with van der Waals surface area (Å²) in [7, 11) is 1.78. The van der Waals surface area contributed by atoms with E-state index in [9.17, 15) is 4.79 Å². The molecule has 2 heterocycles. The number of hydrazine groups is 1. The van der Waals surface area contributed by atoms with Crippen LogP contribution in [0.1, 0.15) is 19.3 Å². The highest BCUT2D eigenvalue weighted by Gasteiger charge is 2.35. The van der Waals surface area contributed by atoms with Gasteiger partial charge in [0.15, 0.2) is 0 Å². The van der Waals surface area contributed by atoms with Gasteiger partial charge in [0, 0.05) is 13.6 Å². The Morgan fingerprint density at radius 3 is 3.09 bits per heavy atom. The molecule has 2 fully saturated rings. The van der Waals surface area contributed by atoms with Crippen LogP contribution in [-0.2, 0) is 0 Å². The highest BCUT2D eigenvalue weighted by Crippen LogP contribution is 2.20. The maximum Gasteiger partial charge on any atom is 0.335 e. The number of carbonyl (C=O) groups excluding carboxylic acids is 1. The molecule has 2 saturated heterocycles. The van der Waals surface area contributed by atoms with Gasteiger partial charge in [0.1, 0.15) is 6.17 Å². The standard InChI is InChI=1S/C7H13N3O/c1-9-7(11)10-5-3-2-4-6(10)8-9/h6,8H,2-5H2,1H3. The summed E-state index contributed by atoms with van der Waals surface area (Å²) in [6.45, 7) is 0.918. The normalized spacial score (nSPS) is 31.0. The Hall–Kier alpha value is -0.770. The molecular weight excluding hydrogens is 142 g/mol. The summed E-state index contributed by atoms with van der Waals surface area (Å²) in [5.74, 6) is 0. The maximum atomic E-state index is 11.3. The second-order valence-corrected chi connectivity index (χ2v) is 3.18. The van der Waals surface area contributed by atoms with Gasteiger partial charge in [-0.05, 0) is 19.3 Å². The van der Waals surface area contributed by atoms with Crippen LogP contribution < -0.4 is 5.43 Å². The predicted octanol–water partition coefficient (Wildman–Crippen LogP) is 0.368. The number of carbonyl (C=O) groups is 1. The fourth-order valence-corrected chi connectivity index (χ4v) is 1.77. The number of nitrogens with zero attached hydrogens (tertiary/aromatic N) is 2. The summed E-state index contributed by atoms with van der Waals surface area (Å²) >= 11 is 0. The molecule has 2 aliphatic heterocycles. The third-order valence-electron chi connectivity index (χ3n) is 2.38. The van der Waals surface area contributed by atoms with Gasteiger partial charge in [-0.3, -0.25) is 5.01 Å². The Balaban J connectivity index is 2.11. The van der Waals surface area contributed by atoms with E-state index in [1.165, 1.54) is 6.42 Å². The zero-order chi connectivity index (χ0) is 7.84. The van der Waals surface area contributed by atoms with E-state index in [2.05, 4.69) is 5.43 Å². The van der Waals surface area contributed by atoms with Crippen LogP contribution >= 0.6 is 0 Å².